The molecule has 2 unspecified atom stereocenters. The van der Waals surface area contributed by atoms with Crippen LogP contribution in [0.5, 0.6) is 5.75 Å². The number of benzene rings is 1. The fourth-order valence-corrected chi connectivity index (χ4v) is 2.96. The molecule has 0 aliphatic rings. The van der Waals surface area contributed by atoms with Crippen LogP contribution in [0.4, 0.5) is 0 Å². The number of halogens is 1. The summed E-state index contributed by atoms with van der Waals surface area (Å²) in [4.78, 5) is 27.1. The normalized spacial score (nSPS) is 13.4. The van der Waals surface area contributed by atoms with E-state index in [9.17, 15) is 9.59 Å². The van der Waals surface area contributed by atoms with Crippen molar-refractivity contribution in [2.45, 2.75) is 38.8 Å². The Morgan fingerprint density at radius 1 is 1.37 bits per heavy atom. The van der Waals surface area contributed by atoms with Crippen LogP contribution in [0.3, 0.4) is 0 Å². The van der Waals surface area contributed by atoms with Crippen LogP contribution in [-0.2, 0) is 11.3 Å². The van der Waals surface area contributed by atoms with Gasteiger partial charge in [-0.05, 0) is 25.1 Å². The molecule has 142 valence electrons. The molecule has 0 saturated heterocycles. The van der Waals surface area contributed by atoms with Gasteiger partial charge in [0.2, 0.25) is 0 Å². The number of pyridine rings is 1. The number of ether oxygens (including phenoxy) is 1. The monoisotopic (exact) mass is 390 g/mol. The summed E-state index contributed by atoms with van der Waals surface area (Å²) < 4.78 is 12.4. The molecular formula is C19H19ClN2O5. The fourth-order valence-electron chi connectivity index (χ4n) is 2.76. The van der Waals surface area contributed by atoms with Crippen LogP contribution in [0.1, 0.15) is 31.9 Å². The summed E-state index contributed by atoms with van der Waals surface area (Å²) in [5, 5.41) is 9.13. The van der Waals surface area contributed by atoms with Crippen molar-refractivity contribution in [2.75, 3.05) is 0 Å². The molecule has 0 spiro atoms. The van der Waals surface area contributed by atoms with Crippen molar-refractivity contribution in [1.29, 1.82) is 0 Å². The minimum Gasteiger partial charge on any atom is -0.488 e. The Labute approximate surface area is 160 Å². The lowest BCUT2D eigenvalue weighted by Crippen LogP contribution is -2.20. The molecule has 2 atom stereocenters. The number of hydrogen-bond acceptors (Lipinski definition) is 5. The molecule has 0 aliphatic carbocycles. The number of aryl methyl sites for hydroxylation is 1. The van der Waals surface area contributed by atoms with Gasteiger partial charge in [-0.1, -0.05) is 24.6 Å². The van der Waals surface area contributed by atoms with E-state index in [0.717, 1.165) is 5.69 Å². The maximum atomic E-state index is 12.0. The fraction of sp³-hybridized carbons (Fsp3) is 0.316. The zero-order valence-corrected chi connectivity index (χ0v) is 15.6. The van der Waals surface area contributed by atoms with Crippen LogP contribution in [0.15, 0.2) is 45.7 Å². The van der Waals surface area contributed by atoms with E-state index in [0.29, 0.717) is 21.9 Å². The van der Waals surface area contributed by atoms with Crippen molar-refractivity contribution >= 4 is 28.7 Å². The molecule has 1 aromatic carbocycles. The van der Waals surface area contributed by atoms with Crippen molar-refractivity contribution < 1.29 is 19.1 Å². The number of aliphatic carboxylic acids is 1. The number of carbonyl (C=O) groups is 1. The highest BCUT2D eigenvalue weighted by atomic mass is 35.5. The van der Waals surface area contributed by atoms with Gasteiger partial charge in [0.05, 0.1) is 17.0 Å². The molecule has 27 heavy (non-hydrogen) atoms. The third kappa shape index (κ3) is 4.14. The number of hydrogen-bond donors (Lipinski definition) is 1. The second-order valence-electron chi connectivity index (χ2n) is 6.28. The van der Waals surface area contributed by atoms with Crippen molar-refractivity contribution in [3.8, 4) is 5.75 Å². The lowest BCUT2D eigenvalue weighted by molar-refractivity contribution is -0.137. The first-order chi connectivity index (χ1) is 12.9. The van der Waals surface area contributed by atoms with Gasteiger partial charge in [0, 0.05) is 30.4 Å². The maximum absolute atomic E-state index is 12.0. The van der Waals surface area contributed by atoms with E-state index in [-0.39, 0.29) is 25.0 Å². The molecule has 0 amide bonds. The summed E-state index contributed by atoms with van der Waals surface area (Å²) >= 11 is 6.33. The van der Waals surface area contributed by atoms with Crippen LogP contribution < -0.4 is 10.5 Å². The van der Waals surface area contributed by atoms with E-state index in [1.165, 1.54) is 4.57 Å². The molecule has 3 rings (SSSR count). The van der Waals surface area contributed by atoms with E-state index < -0.39 is 11.7 Å². The molecule has 3 aromatic rings. The summed E-state index contributed by atoms with van der Waals surface area (Å²) in [6.45, 7) is 3.92. The number of rotatable bonds is 7. The molecule has 8 heteroatoms. The first kappa shape index (κ1) is 19.0. The van der Waals surface area contributed by atoms with Gasteiger partial charge < -0.3 is 14.3 Å². The van der Waals surface area contributed by atoms with Crippen LogP contribution in [-0.4, -0.2) is 26.7 Å². The Balaban J connectivity index is 1.86. The summed E-state index contributed by atoms with van der Waals surface area (Å²) in [5.74, 6) is -1.22. The van der Waals surface area contributed by atoms with Gasteiger partial charge in [-0.25, -0.2) is 4.79 Å². The zero-order valence-electron chi connectivity index (χ0n) is 14.9. The van der Waals surface area contributed by atoms with Crippen molar-refractivity contribution in [1.82, 2.24) is 9.55 Å². The zero-order chi connectivity index (χ0) is 19.6. The number of oxazole rings is 1. The van der Waals surface area contributed by atoms with Crippen LogP contribution >= 0.6 is 11.6 Å². The average molecular weight is 391 g/mol. The SMILES string of the molecule is CC(Oc1cc2oc(=O)n(CCC(=O)O)c2cc1Cl)C(C)c1ccccn1. The number of aromatic nitrogens is 2. The summed E-state index contributed by atoms with van der Waals surface area (Å²) in [5.41, 5.74) is 1.63. The Kier molecular flexibility index (Phi) is 5.51. The van der Waals surface area contributed by atoms with Crippen molar-refractivity contribution in [3.05, 3.63) is 57.8 Å². The largest absolute Gasteiger partial charge is 0.488 e. The van der Waals surface area contributed by atoms with E-state index in [2.05, 4.69) is 4.98 Å². The molecule has 0 fully saturated rings. The molecule has 7 nitrogen and oxygen atoms in total. The van der Waals surface area contributed by atoms with Crippen molar-refractivity contribution in [2.24, 2.45) is 0 Å². The third-order valence-corrected chi connectivity index (χ3v) is 4.74. The van der Waals surface area contributed by atoms with Gasteiger partial charge in [0.1, 0.15) is 11.9 Å². The van der Waals surface area contributed by atoms with E-state index >= 15 is 0 Å². The van der Waals surface area contributed by atoms with Gasteiger partial charge in [-0.2, -0.15) is 0 Å². The second kappa shape index (κ2) is 7.84. The highest BCUT2D eigenvalue weighted by Gasteiger charge is 2.20. The van der Waals surface area contributed by atoms with Crippen molar-refractivity contribution in [3.63, 3.8) is 0 Å². The number of carboxylic acids is 1. The van der Waals surface area contributed by atoms with Gasteiger partial charge in [0.15, 0.2) is 5.58 Å². The molecule has 2 aromatic heterocycles. The maximum Gasteiger partial charge on any atom is 0.419 e. The second-order valence-corrected chi connectivity index (χ2v) is 6.69. The van der Waals surface area contributed by atoms with E-state index in [1.807, 2.05) is 32.0 Å². The molecule has 1 N–H and O–H groups in total. The standard InChI is InChI=1S/C19H19ClN2O5/c1-11(14-5-3-4-7-21-14)12(2)26-16-10-17-15(9-13(16)20)22(19(25)27-17)8-6-18(23)24/h3-5,7,9-12H,6,8H2,1-2H3,(H,23,24). The van der Waals surface area contributed by atoms with Gasteiger partial charge in [-0.15, -0.1) is 0 Å². The molecule has 0 aliphatic heterocycles. The third-order valence-electron chi connectivity index (χ3n) is 4.44. The van der Waals surface area contributed by atoms with Gasteiger partial charge in [-0.3, -0.25) is 14.3 Å². The Morgan fingerprint density at radius 3 is 2.81 bits per heavy atom. The minimum atomic E-state index is -1.00. The highest BCUT2D eigenvalue weighted by Crippen LogP contribution is 2.32. The van der Waals surface area contributed by atoms with Gasteiger partial charge in [0.25, 0.3) is 0 Å². The smallest absolute Gasteiger partial charge is 0.419 e. The van der Waals surface area contributed by atoms with E-state index in [4.69, 9.17) is 25.9 Å². The predicted octanol–water partition coefficient (Wildman–Crippen LogP) is 3.69. The Morgan fingerprint density at radius 2 is 2.15 bits per heavy atom. The molecular weight excluding hydrogens is 372 g/mol. The summed E-state index contributed by atoms with van der Waals surface area (Å²) in [6.07, 6.45) is 1.31. The topological polar surface area (TPSA) is 94.6 Å². The van der Waals surface area contributed by atoms with Crippen LogP contribution in [0.25, 0.3) is 11.1 Å². The molecule has 0 radical (unpaired) electrons. The van der Waals surface area contributed by atoms with Crippen LogP contribution in [0.2, 0.25) is 5.02 Å². The number of nitrogens with zero attached hydrogens (tertiary/aromatic N) is 2. The Hall–Kier alpha value is -2.80. The average Bonchev–Trinajstić information content (AvgIpc) is 2.94. The van der Waals surface area contributed by atoms with E-state index in [1.54, 1.807) is 18.3 Å². The highest BCUT2D eigenvalue weighted by molar-refractivity contribution is 6.32. The minimum absolute atomic E-state index is 0.00477. The number of carboxylic acid groups (broad SMARTS) is 1. The number of fused-ring (bicyclic) bond motifs is 1. The Bertz CT molecular complexity index is 1010. The first-order valence-corrected chi connectivity index (χ1v) is 8.87. The molecule has 0 bridgehead atoms. The van der Waals surface area contributed by atoms with Crippen LogP contribution in [0, 0.1) is 0 Å². The molecule has 0 saturated carbocycles. The molecule has 2 heterocycles. The van der Waals surface area contributed by atoms with Gasteiger partial charge >= 0.3 is 11.7 Å². The lowest BCUT2D eigenvalue weighted by Gasteiger charge is -2.21. The summed E-state index contributed by atoms with van der Waals surface area (Å²) in [7, 11) is 0. The quantitative estimate of drug-likeness (QED) is 0.661. The lowest BCUT2D eigenvalue weighted by atomic mass is 10.0. The predicted molar refractivity (Wildman–Crippen MR) is 100 cm³/mol. The first-order valence-electron chi connectivity index (χ1n) is 8.49. The summed E-state index contributed by atoms with van der Waals surface area (Å²) in [6, 6.07) is 8.80.